The van der Waals surface area contributed by atoms with E-state index in [2.05, 4.69) is 0 Å². The molecule has 3 nitrogen and oxygen atoms in total. The molecule has 3 heteroatoms. The van der Waals surface area contributed by atoms with Crippen LogP contribution in [-0.4, -0.2) is 18.4 Å². The Labute approximate surface area is 60.7 Å². The lowest BCUT2D eigenvalue weighted by Gasteiger charge is -2.22. The SMILES string of the molecule is NC1CCC2CC1OC2N. The Hall–Kier alpha value is -0.120. The Morgan fingerprint density at radius 2 is 2.00 bits per heavy atom. The molecule has 58 valence electrons. The molecule has 1 aliphatic carbocycles. The molecule has 0 amide bonds. The van der Waals surface area contributed by atoms with E-state index >= 15 is 0 Å². The zero-order valence-electron chi connectivity index (χ0n) is 5.99. The van der Waals surface area contributed by atoms with Crippen LogP contribution < -0.4 is 11.5 Å². The molecular weight excluding hydrogens is 128 g/mol. The highest BCUT2D eigenvalue weighted by Crippen LogP contribution is 2.34. The van der Waals surface area contributed by atoms with Gasteiger partial charge in [-0.15, -0.1) is 0 Å². The molecule has 0 aromatic carbocycles. The summed E-state index contributed by atoms with van der Waals surface area (Å²) in [5.41, 5.74) is 11.5. The zero-order chi connectivity index (χ0) is 7.14. The van der Waals surface area contributed by atoms with Crippen LogP contribution in [0.3, 0.4) is 0 Å². The molecule has 4 atom stereocenters. The highest BCUT2D eigenvalue weighted by molar-refractivity contribution is 4.90. The summed E-state index contributed by atoms with van der Waals surface area (Å²) in [7, 11) is 0. The number of fused-ring (bicyclic) bond motifs is 2. The Morgan fingerprint density at radius 1 is 1.20 bits per heavy atom. The second-order valence-electron chi connectivity index (χ2n) is 3.38. The normalized spacial score (nSPS) is 53.4. The second kappa shape index (κ2) is 2.19. The minimum atomic E-state index is -0.0291. The molecule has 1 saturated carbocycles. The van der Waals surface area contributed by atoms with Gasteiger partial charge in [0.2, 0.25) is 0 Å². The van der Waals surface area contributed by atoms with E-state index in [0.717, 1.165) is 19.3 Å². The maximum atomic E-state index is 5.80. The van der Waals surface area contributed by atoms with Gasteiger partial charge in [-0.2, -0.15) is 0 Å². The van der Waals surface area contributed by atoms with Crippen LogP contribution in [-0.2, 0) is 4.74 Å². The van der Waals surface area contributed by atoms with E-state index in [4.69, 9.17) is 16.2 Å². The number of rotatable bonds is 0. The monoisotopic (exact) mass is 142 g/mol. The van der Waals surface area contributed by atoms with Crippen LogP contribution in [0.15, 0.2) is 0 Å². The van der Waals surface area contributed by atoms with Gasteiger partial charge in [-0.05, 0) is 19.3 Å². The molecule has 1 heterocycles. The number of hydrogen-bond donors (Lipinski definition) is 2. The first-order valence-corrected chi connectivity index (χ1v) is 3.94. The average Bonchev–Trinajstić information content (AvgIpc) is 2.21. The lowest BCUT2D eigenvalue weighted by molar-refractivity contribution is 0.0364. The number of nitrogens with two attached hydrogens (primary N) is 2. The van der Waals surface area contributed by atoms with Crippen LogP contribution in [0.25, 0.3) is 0 Å². The number of ether oxygens (including phenoxy) is 1. The van der Waals surface area contributed by atoms with Crippen molar-refractivity contribution in [2.45, 2.75) is 37.6 Å². The van der Waals surface area contributed by atoms with Crippen LogP contribution in [0.5, 0.6) is 0 Å². The second-order valence-corrected chi connectivity index (χ2v) is 3.38. The van der Waals surface area contributed by atoms with Crippen molar-refractivity contribution in [1.82, 2.24) is 0 Å². The molecule has 2 rings (SSSR count). The molecule has 4 N–H and O–H groups in total. The van der Waals surface area contributed by atoms with Crippen molar-refractivity contribution in [3.05, 3.63) is 0 Å². The van der Waals surface area contributed by atoms with Gasteiger partial charge in [0.05, 0.1) is 6.10 Å². The number of hydrogen-bond acceptors (Lipinski definition) is 3. The maximum Gasteiger partial charge on any atom is 0.109 e. The summed E-state index contributed by atoms with van der Waals surface area (Å²) in [6.07, 6.45) is 3.55. The van der Waals surface area contributed by atoms with Gasteiger partial charge in [-0.1, -0.05) is 0 Å². The minimum Gasteiger partial charge on any atom is -0.358 e. The lowest BCUT2D eigenvalue weighted by Crippen LogP contribution is -2.36. The molecule has 0 radical (unpaired) electrons. The summed E-state index contributed by atoms with van der Waals surface area (Å²) in [5, 5.41) is 0. The van der Waals surface area contributed by atoms with E-state index in [-0.39, 0.29) is 18.4 Å². The Bertz CT molecular complexity index is 138. The predicted molar refractivity (Wildman–Crippen MR) is 38.2 cm³/mol. The van der Waals surface area contributed by atoms with Crippen LogP contribution in [0.1, 0.15) is 19.3 Å². The van der Waals surface area contributed by atoms with E-state index in [1.165, 1.54) is 0 Å². The fraction of sp³-hybridized carbons (Fsp3) is 1.00. The topological polar surface area (TPSA) is 61.3 Å². The summed E-state index contributed by atoms with van der Waals surface area (Å²) in [4.78, 5) is 0. The van der Waals surface area contributed by atoms with Crippen molar-refractivity contribution < 1.29 is 4.74 Å². The molecule has 1 saturated heterocycles. The van der Waals surface area contributed by atoms with Crippen molar-refractivity contribution >= 4 is 0 Å². The molecular formula is C7H14N2O. The summed E-state index contributed by atoms with van der Waals surface area (Å²) in [5.74, 6) is 0.588. The van der Waals surface area contributed by atoms with Crippen molar-refractivity contribution in [3.8, 4) is 0 Å². The molecule has 2 aliphatic rings. The quantitative estimate of drug-likeness (QED) is 0.492. The first kappa shape index (κ1) is 6.58. The highest BCUT2D eigenvalue weighted by Gasteiger charge is 2.39. The summed E-state index contributed by atoms with van der Waals surface area (Å²) < 4.78 is 5.45. The van der Waals surface area contributed by atoms with Crippen LogP contribution in [0.2, 0.25) is 0 Å². The van der Waals surface area contributed by atoms with Crippen LogP contribution >= 0.6 is 0 Å². The molecule has 2 bridgehead atoms. The van der Waals surface area contributed by atoms with Crippen molar-refractivity contribution in [2.75, 3.05) is 0 Å². The van der Waals surface area contributed by atoms with Gasteiger partial charge >= 0.3 is 0 Å². The van der Waals surface area contributed by atoms with E-state index in [1.54, 1.807) is 0 Å². The first-order valence-electron chi connectivity index (χ1n) is 3.94. The van der Waals surface area contributed by atoms with E-state index in [9.17, 15) is 0 Å². The largest absolute Gasteiger partial charge is 0.358 e. The molecule has 2 fully saturated rings. The molecule has 0 spiro atoms. The summed E-state index contributed by atoms with van der Waals surface area (Å²) in [6.45, 7) is 0. The third kappa shape index (κ3) is 0.856. The zero-order valence-corrected chi connectivity index (χ0v) is 5.99. The first-order chi connectivity index (χ1) is 4.77. The van der Waals surface area contributed by atoms with Gasteiger partial charge in [0.1, 0.15) is 6.23 Å². The van der Waals surface area contributed by atoms with Crippen molar-refractivity contribution in [1.29, 1.82) is 0 Å². The smallest absolute Gasteiger partial charge is 0.109 e. The lowest BCUT2D eigenvalue weighted by atomic mass is 9.86. The van der Waals surface area contributed by atoms with Gasteiger partial charge in [0.25, 0.3) is 0 Å². The molecule has 4 unspecified atom stereocenters. The fourth-order valence-corrected chi connectivity index (χ4v) is 1.95. The predicted octanol–water partition coefficient (Wildman–Crippen LogP) is -0.203. The van der Waals surface area contributed by atoms with E-state index in [1.807, 2.05) is 0 Å². The van der Waals surface area contributed by atoms with Gasteiger partial charge in [-0.3, -0.25) is 0 Å². The Morgan fingerprint density at radius 3 is 2.70 bits per heavy atom. The Balaban J connectivity index is 2.08. The van der Waals surface area contributed by atoms with Gasteiger partial charge in [0, 0.05) is 12.0 Å². The third-order valence-corrected chi connectivity index (χ3v) is 2.68. The van der Waals surface area contributed by atoms with Gasteiger partial charge < -0.3 is 16.2 Å². The molecule has 10 heavy (non-hydrogen) atoms. The fourth-order valence-electron chi connectivity index (χ4n) is 1.95. The minimum absolute atomic E-state index is 0.0291. The maximum absolute atomic E-state index is 5.80. The van der Waals surface area contributed by atoms with Crippen LogP contribution in [0, 0.1) is 5.92 Å². The molecule has 1 aliphatic heterocycles. The molecule has 0 aromatic rings. The standard InChI is InChI=1S/C7H14N2O/c8-5-2-1-4-3-6(5)10-7(4)9/h4-7H,1-3,8-9H2. The van der Waals surface area contributed by atoms with E-state index in [0.29, 0.717) is 5.92 Å². The van der Waals surface area contributed by atoms with Gasteiger partial charge in [-0.25, -0.2) is 0 Å². The van der Waals surface area contributed by atoms with E-state index < -0.39 is 0 Å². The average molecular weight is 142 g/mol. The summed E-state index contributed by atoms with van der Waals surface area (Å²) in [6, 6.07) is 0.241. The highest BCUT2D eigenvalue weighted by atomic mass is 16.5. The van der Waals surface area contributed by atoms with Crippen molar-refractivity contribution in [2.24, 2.45) is 17.4 Å². The van der Waals surface area contributed by atoms with Crippen molar-refractivity contribution in [3.63, 3.8) is 0 Å². The summed E-state index contributed by atoms with van der Waals surface area (Å²) >= 11 is 0. The van der Waals surface area contributed by atoms with Gasteiger partial charge in [0.15, 0.2) is 0 Å². The Kier molecular flexibility index (Phi) is 1.44. The molecule has 0 aromatic heterocycles. The van der Waals surface area contributed by atoms with Crippen LogP contribution in [0.4, 0.5) is 0 Å². The third-order valence-electron chi connectivity index (χ3n) is 2.68.